The summed E-state index contributed by atoms with van der Waals surface area (Å²) < 4.78 is 0. The van der Waals surface area contributed by atoms with Crippen molar-refractivity contribution in [1.29, 1.82) is 0 Å². The summed E-state index contributed by atoms with van der Waals surface area (Å²) in [6.07, 6.45) is 0. The average Bonchev–Trinajstić information content (AvgIpc) is 2.41. The van der Waals surface area contributed by atoms with Gasteiger partial charge < -0.3 is 10.4 Å². The van der Waals surface area contributed by atoms with E-state index in [4.69, 9.17) is 46.4 Å². The highest BCUT2D eigenvalue weighted by Crippen LogP contribution is 2.39. The van der Waals surface area contributed by atoms with E-state index in [1.165, 1.54) is 24.3 Å². The number of halogens is 4. The predicted molar refractivity (Wildman–Crippen MR) is 87.3 cm³/mol. The molecule has 2 aromatic carbocycles. The fraction of sp³-hybridized carbons (Fsp3) is 0.0714. The van der Waals surface area contributed by atoms with Gasteiger partial charge in [0.15, 0.2) is 5.75 Å². The third-order valence-electron chi connectivity index (χ3n) is 2.79. The smallest absolute Gasteiger partial charge is 0.255 e. The zero-order chi connectivity index (χ0) is 15.7. The lowest BCUT2D eigenvalue weighted by molar-refractivity contribution is 0.102. The van der Waals surface area contributed by atoms with Crippen molar-refractivity contribution < 1.29 is 9.90 Å². The van der Waals surface area contributed by atoms with E-state index in [0.29, 0.717) is 20.6 Å². The Kier molecular flexibility index (Phi) is 4.89. The number of amides is 1. The molecule has 0 aliphatic heterocycles. The van der Waals surface area contributed by atoms with Crippen LogP contribution in [0.4, 0.5) is 5.69 Å². The van der Waals surface area contributed by atoms with E-state index in [1.54, 1.807) is 6.92 Å². The van der Waals surface area contributed by atoms with Crippen molar-refractivity contribution in [2.75, 3.05) is 5.32 Å². The summed E-state index contributed by atoms with van der Waals surface area (Å²) in [6.45, 7) is 1.66. The molecular formula is C14H9Cl4NO2. The van der Waals surface area contributed by atoms with Crippen LogP contribution in [0.1, 0.15) is 15.9 Å². The van der Waals surface area contributed by atoms with E-state index in [2.05, 4.69) is 5.32 Å². The molecule has 0 fully saturated rings. The molecule has 0 heterocycles. The molecule has 0 saturated carbocycles. The molecule has 0 radical (unpaired) electrons. The van der Waals surface area contributed by atoms with Gasteiger partial charge in [0.1, 0.15) is 0 Å². The van der Waals surface area contributed by atoms with Gasteiger partial charge in [-0.25, -0.2) is 0 Å². The molecule has 2 N–H and O–H groups in total. The Morgan fingerprint density at radius 3 is 2.19 bits per heavy atom. The number of phenols is 1. The van der Waals surface area contributed by atoms with Crippen molar-refractivity contribution >= 4 is 58.0 Å². The second-order valence-electron chi connectivity index (χ2n) is 4.31. The Labute approximate surface area is 141 Å². The highest BCUT2D eigenvalue weighted by Gasteiger charge is 2.16. The van der Waals surface area contributed by atoms with E-state index in [9.17, 15) is 9.90 Å². The molecule has 0 spiro atoms. The number of anilines is 1. The lowest BCUT2D eigenvalue weighted by Gasteiger charge is -2.12. The number of phenolic OH excluding ortho intramolecular Hbond substituents is 1. The summed E-state index contributed by atoms with van der Waals surface area (Å²) in [5.41, 5.74) is 0.885. The maximum atomic E-state index is 12.2. The van der Waals surface area contributed by atoms with E-state index >= 15 is 0 Å². The molecule has 1 amide bonds. The number of aromatic hydroxyl groups is 1. The number of benzene rings is 2. The first kappa shape index (κ1) is 16.2. The number of hydrogen-bond donors (Lipinski definition) is 2. The zero-order valence-corrected chi connectivity index (χ0v) is 13.7. The molecule has 0 aromatic heterocycles. The van der Waals surface area contributed by atoms with E-state index in [0.717, 1.165) is 0 Å². The molecular weight excluding hydrogens is 356 g/mol. The van der Waals surface area contributed by atoms with Gasteiger partial charge in [-0.05, 0) is 36.8 Å². The second-order valence-corrected chi connectivity index (χ2v) is 5.96. The maximum absolute atomic E-state index is 12.2. The summed E-state index contributed by atoms with van der Waals surface area (Å²) >= 11 is 23.6. The minimum atomic E-state index is -0.495. The Hall–Kier alpha value is -1.13. The first-order valence-electron chi connectivity index (χ1n) is 5.74. The van der Waals surface area contributed by atoms with Gasteiger partial charge in [-0.2, -0.15) is 0 Å². The normalized spacial score (nSPS) is 10.5. The fourth-order valence-corrected chi connectivity index (χ4v) is 2.66. The number of hydrogen-bond acceptors (Lipinski definition) is 2. The first-order valence-corrected chi connectivity index (χ1v) is 7.25. The van der Waals surface area contributed by atoms with Gasteiger partial charge in [0.2, 0.25) is 0 Å². The minimum absolute atomic E-state index is 0.0851. The van der Waals surface area contributed by atoms with Crippen molar-refractivity contribution in [1.82, 2.24) is 0 Å². The van der Waals surface area contributed by atoms with Crippen LogP contribution >= 0.6 is 46.4 Å². The van der Waals surface area contributed by atoms with Gasteiger partial charge in [0.25, 0.3) is 5.91 Å². The molecule has 2 aromatic rings. The van der Waals surface area contributed by atoms with Crippen LogP contribution in [0.25, 0.3) is 0 Å². The SMILES string of the molecule is Cc1c(Cl)cc(NC(=O)c2cc(Cl)cc(Cl)c2)c(O)c1Cl. The molecule has 21 heavy (non-hydrogen) atoms. The average molecular weight is 365 g/mol. The van der Waals surface area contributed by atoms with E-state index < -0.39 is 5.91 Å². The van der Waals surface area contributed by atoms with Gasteiger partial charge in [0, 0.05) is 20.6 Å². The van der Waals surface area contributed by atoms with Gasteiger partial charge in [-0.3, -0.25) is 4.79 Å². The molecule has 7 heteroatoms. The van der Waals surface area contributed by atoms with Gasteiger partial charge in [-0.1, -0.05) is 46.4 Å². The van der Waals surface area contributed by atoms with Crippen LogP contribution in [-0.4, -0.2) is 11.0 Å². The van der Waals surface area contributed by atoms with Crippen molar-refractivity contribution in [3.05, 3.63) is 55.5 Å². The lowest BCUT2D eigenvalue weighted by Crippen LogP contribution is -2.12. The number of nitrogens with one attached hydrogen (secondary N) is 1. The summed E-state index contributed by atoms with van der Waals surface area (Å²) in [5, 5.41) is 13.5. The summed E-state index contributed by atoms with van der Waals surface area (Å²) in [6, 6.07) is 5.84. The Morgan fingerprint density at radius 1 is 1.05 bits per heavy atom. The van der Waals surface area contributed by atoms with Crippen LogP contribution in [0.2, 0.25) is 20.1 Å². The van der Waals surface area contributed by atoms with Crippen LogP contribution in [0, 0.1) is 6.92 Å². The fourth-order valence-electron chi connectivity index (χ4n) is 1.68. The standard InChI is InChI=1S/C14H9Cl4NO2/c1-6-10(17)5-11(13(20)12(6)18)19-14(21)7-2-8(15)4-9(16)3-7/h2-5,20H,1H3,(H,19,21). The Balaban J connectivity index is 2.36. The van der Waals surface area contributed by atoms with Crippen molar-refractivity contribution in [2.24, 2.45) is 0 Å². The molecule has 0 aliphatic rings. The highest BCUT2D eigenvalue weighted by molar-refractivity contribution is 6.38. The van der Waals surface area contributed by atoms with Crippen LogP contribution in [0.5, 0.6) is 5.75 Å². The second kappa shape index (κ2) is 6.32. The molecule has 2 rings (SSSR count). The van der Waals surface area contributed by atoms with Crippen LogP contribution in [0.3, 0.4) is 0 Å². The van der Waals surface area contributed by atoms with E-state index in [-0.39, 0.29) is 22.0 Å². The van der Waals surface area contributed by atoms with Crippen molar-refractivity contribution in [3.63, 3.8) is 0 Å². The van der Waals surface area contributed by atoms with Crippen LogP contribution in [-0.2, 0) is 0 Å². The topological polar surface area (TPSA) is 49.3 Å². The zero-order valence-electron chi connectivity index (χ0n) is 10.7. The maximum Gasteiger partial charge on any atom is 0.255 e. The first-order chi connectivity index (χ1) is 9.79. The molecule has 0 atom stereocenters. The summed E-state index contributed by atoms with van der Waals surface area (Å²) in [7, 11) is 0. The summed E-state index contributed by atoms with van der Waals surface area (Å²) in [5.74, 6) is -0.745. The highest BCUT2D eigenvalue weighted by atomic mass is 35.5. The van der Waals surface area contributed by atoms with Crippen LogP contribution < -0.4 is 5.32 Å². The monoisotopic (exact) mass is 363 g/mol. The minimum Gasteiger partial charge on any atom is -0.504 e. The molecule has 110 valence electrons. The van der Waals surface area contributed by atoms with Crippen molar-refractivity contribution in [2.45, 2.75) is 6.92 Å². The molecule has 0 saturated heterocycles. The van der Waals surface area contributed by atoms with Gasteiger partial charge >= 0.3 is 0 Å². The number of rotatable bonds is 2. The Morgan fingerprint density at radius 2 is 1.62 bits per heavy atom. The van der Waals surface area contributed by atoms with Gasteiger partial charge in [-0.15, -0.1) is 0 Å². The van der Waals surface area contributed by atoms with Crippen LogP contribution in [0.15, 0.2) is 24.3 Å². The Bertz CT molecular complexity index is 711. The lowest BCUT2D eigenvalue weighted by atomic mass is 10.1. The number of carbonyl (C=O) groups is 1. The van der Waals surface area contributed by atoms with Gasteiger partial charge in [0.05, 0.1) is 10.7 Å². The largest absolute Gasteiger partial charge is 0.504 e. The molecule has 0 bridgehead atoms. The predicted octanol–water partition coefficient (Wildman–Crippen LogP) is 5.57. The molecule has 0 unspecified atom stereocenters. The third-order valence-corrected chi connectivity index (χ3v) is 4.09. The molecule has 0 aliphatic carbocycles. The third kappa shape index (κ3) is 3.55. The quantitative estimate of drug-likeness (QED) is 0.684. The summed E-state index contributed by atoms with van der Waals surface area (Å²) in [4.78, 5) is 12.2. The molecule has 3 nitrogen and oxygen atoms in total. The van der Waals surface area contributed by atoms with Crippen molar-refractivity contribution in [3.8, 4) is 5.75 Å². The van der Waals surface area contributed by atoms with E-state index in [1.807, 2.05) is 0 Å². The number of carbonyl (C=O) groups excluding carboxylic acids is 1.